The van der Waals surface area contributed by atoms with Crippen molar-refractivity contribution < 1.29 is 22.9 Å². The van der Waals surface area contributed by atoms with Gasteiger partial charge in [0.05, 0.1) is 5.57 Å². The Bertz CT molecular complexity index is 289. The molecule has 6 heteroatoms. The van der Waals surface area contributed by atoms with E-state index >= 15 is 0 Å². The van der Waals surface area contributed by atoms with Gasteiger partial charge >= 0.3 is 5.97 Å². The number of rotatable bonds is 4. The zero-order valence-corrected chi connectivity index (χ0v) is 7.34. The predicted octanol–water partition coefficient (Wildman–Crippen LogP) is 0.294. The van der Waals surface area contributed by atoms with Crippen LogP contribution in [-0.4, -0.2) is 29.3 Å². The molecule has 70 valence electrons. The van der Waals surface area contributed by atoms with Crippen LogP contribution in [0.3, 0.4) is 0 Å². The Morgan fingerprint density at radius 1 is 1.58 bits per heavy atom. The summed E-state index contributed by atoms with van der Waals surface area (Å²) in [5.41, 5.74) is -0.514. The summed E-state index contributed by atoms with van der Waals surface area (Å²) < 4.78 is 29.6. The van der Waals surface area contributed by atoms with E-state index in [-0.39, 0.29) is 6.42 Å². The van der Waals surface area contributed by atoms with Crippen molar-refractivity contribution in [1.82, 2.24) is 0 Å². The summed E-state index contributed by atoms with van der Waals surface area (Å²) in [5.74, 6) is -1.42. The number of aliphatic carboxylic acids is 1. The third-order valence-electron chi connectivity index (χ3n) is 1.39. The third kappa shape index (κ3) is 2.63. The molecule has 1 unspecified atom stereocenters. The van der Waals surface area contributed by atoms with Gasteiger partial charge in [-0.2, -0.15) is 8.42 Å². The van der Waals surface area contributed by atoms with Crippen molar-refractivity contribution in [1.29, 1.82) is 0 Å². The van der Waals surface area contributed by atoms with Crippen molar-refractivity contribution in [3.05, 3.63) is 12.2 Å². The average Bonchev–Trinajstić information content (AvgIpc) is 1.85. The Morgan fingerprint density at radius 3 is 2.08 bits per heavy atom. The van der Waals surface area contributed by atoms with Crippen LogP contribution in [-0.2, 0) is 14.9 Å². The van der Waals surface area contributed by atoms with Crippen molar-refractivity contribution in [2.45, 2.75) is 18.6 Å². The molecule has 0 aromatic rings. The fraction of sp³-hybridized carbons (Fsp3) is 0.500. The quantitative estimate of drug-likeness (QED) is 0.496. The fourth-order valence-electron chi connectivity index (χ4n) is 0.775. The van der Waals surface area contributed by atoms with Gasteiger partial charge in [-0.25, -0.2) is 4.79 Å². The number of hydrogen-bond donors (Lipinski definition) is 2. The number of carbonyl (C=O) groups is 1. The first kappa shape index (κ1) is 11.1. The highest BCUT2D eigenvalue weighted by Crippen LogP contribution is 2.13. The van der Waals surface area contributed by atoms with Crippen molar-refractivity contribution in [3.63, 3.8) is 0 Å². The van der Waals surface area contributed by atoms with E-state index in [0.29, 0.717) is 0 Å². The van der Waals surface area contributed by atoms with Crippen LogP contribution in [0, 0.1) is 0 Å². The second kappa shape index (κ2) is 3.68. The normalized spacial score (nSPS) is 13.8. The molecule has 0 aromatic heterocycles. The molecule has 1 atom stereocenters. The summed E-state index contributed by atoms with van der Waals surface area (Å²) in [6.45, 7) is 4.50. The molecule has 0 aliphatic heterocycles. The molecular weight excluding hydrogens is 184 g/mol. The first-order chi connectivity index (χ1) is 5.30. The first-order valence-corrected chi connectivity index (χ1v) is 4.69. The summed E-state index contributed by atoms with van der Waals surface area (Å²) in [5, 5.41) is 6.96. The summed E-state index contributed by atoms with van der Waals surface area (Å²) in [7, 11) is -4.34. The van der Waals surface area contributed by atoms with E-state index in [1.54, 1.807) is 0 Å². The zero-order valence-electron chi connectivity index (χ0n) is 6.52. The lowest BCUT2D eigenvalue weighted by Crippen LogP contribution is -2.25. The van der Waals surface area contributed by atoms with Crippen LogP contribution in [0.1, 0.15) is 13.3 Å². The topological polar surface area (TPSA) is 91.7 Å². The molecule has 0 aliphatic carbocycles. The maximum Gasteiger partial charge on any atom is 0.332 e. The van der Waals surface area contributed by atoms with E-state index < -0.39 is 26.9 Å². The highest BCUT2D eigenvalue weighted by Gasteiger charge is 2.27. The Balaban J connectivity index is 4.83. The number of carboxylic acids is 1. The van der Waals surface area contributed by atoms with Crippen LogP contribution in [0.15, 0.2) is 12.2 Å². The molecule has 0 heterocycles. The molecule has 0 rings (SSSR count). The van der Waals surface area contributed by atoms with Crippen LogP contribution in [0.2, 0.25) is 0 Å². The van der Waals surface area contributed by atoms with Gasteiger partial charge in [-0.3, -0.25) is 4.55 Å². The van der Waals surface area contributed by atoms with Crippen LogP contribution in [0.5, 0.6) is 0 Å². The molecule has 0 bridgehead atoms. The lowest BCUT2D eigenvalue weighted by Gasteiger charge is -2.09. The van der Waals surface area contributed by atoms with Gasteiger partial charge in [0.25, 0.3) is 10.1 Å². The third-order valence-corrected chi connectivity index (χ3v) is 2.73. The minimum atomic E-state index is -4.34. The Labute approximate surface area is 70.5 Å². The molecule has 0 aliphatic rings. The average molecular weight is 194 g/mol. The van der Waals surface area contributed by atoms with Gasteiger partial charge in [0.15, 0.2) is 0 Å². The van der Waals surface area contributed by atoms with Crippen molar-refractivity contribution in [2.75, 3.05) is 0 Å². The second-order valence-electron chi connectivity index (χ2n) is 2.24. The lowest BCUT2D eigenvalue weighted by molar-refractivity contribution is -0.132. The molecule has 0 aromatic carbocycles. The monoisotopic (exact) mass is 194 g/mol. The van der Waals surface area contributed by atoms with Crippen LogP contribution < -0.4 is 0 Å². The number of carboxylic acid groups (broad SMARTS) is 1. The van der Waals surface area contributed by atoms with E-state index in [4.69, 9.17) is 9.66 Å². The maximum atomic E-state index is 10.5. The van der Waals surface area contributed by atoms with Crippen LogP contribution in [0.25, 0.3) is 0 Å². The number of hydrogen-bond acceptors (Lipinski definition) is 3. The van der Waals surface area contributed by atoms with Gasteiger partial charge < -0.3 is 5.11 Å². The maximum absolute atomic E-state index is 10.5. The Kier molecular flexibility index (Phi) is 3.41. The van der Waals surface area contributed by atoms with Crippen LogP contribution in [0.4, 0.5) is 0 Å². The molecule has 12 heavy (non-hydrogen) atoms. The largest absolute Gasteiger partial charge is 0.478 e. The van der Waals surface area contributed by atoms with Crippen molar-refractivity contribution in [2.24, 2.45) is 0 Å². The van der Waals surface area contributed by atoms with Crippen molar-refractivity contribution >= 4 is 16.1 Å². The molecule has 0 saturated carbocycles. The standard InChI is InChI=1S/C6H10O5S/c1-3-5(12(9,10)11)4(2)6(7)8/h5H,2-3H2,1H3,(H,7,8)(H,9,10,11). The smallest absolute Gasteiger partial charge is 0.332 e. The van der Waals surface area contributed by atoms with Gasteiger partial charge in [0.2, 0.25) is 0 Å². The molecule has 0 spiro atoms. The van der Waals surface area contributed by atoms with Gasteiger partial charge in [0.1, 0.15) is 5.25 Å². The Morgan fingerprint density at radius 2 is 2.00 bits per heavy atom. The molecule has 0 fully saturated rings. The minimum absolute atomic E-state index is 0.00995. The Hall–Kier alpha value is -0.880. The van der Waals surface area contributed by atoms with Gasteiger partial charge in [-0.15, -0.1) is 0 Å². The van der Waals surface area contributed by atoms with Gasteiger partial charge in [-0.05, 0) is 6.42 Å². The summed E-state index contributed by atoms with van der Waals surface area (Å²) >= 11 is 0. The van der Waals surface area contributed by atoms with E-state index in [9.17, 15) is 13.2 Å². The zero-order chi connectivity index (χ0) is 9.94. The molecule has 2 N–H and O–H groups in total. The van der Waals surface area contributed by atoms with Crippen LogP contribution >= 0.6 is 0 Å². The first-order valence-electron chi connectivity index (χ1n) is 3.19. The van der Waals surface area contributed by atoms with Gasteiger partial charge in [0, 0.05) is 0 Å². The molecule has 0 radical (unpaired) electrons. The van der Waals surface area contributed by atoms with E-state index in [1.807, 2.05) is 0 Å². The summed E-state index contributed by atoms with van der Waals surface area (Å²) in [4.78, 5) is 10.3. The molecule has 5 nitrogen and oxygen atoms in total. The molecular formula is C6H10O5S. The van der Waals surface area contributed by atoms with Gasteiger partial charge in [-0.1, -0.05) is 13.5 Å². The summed E-state index contributed by atoms with van der Waals surface area (Å²) in [6.07, 6.45) is -0.00995. The van der Waals surface area contributed by atoms with E-state index in [0.717, 1.165) is 0 Å². The lowest BCUT2D eigenvalue weighted by atomic mass is 10.2. The highest BCUT2D eigenvalue weighted by molar-refractivity contribution is 7.86. The second-order valence-corrected chi connectivity index (χ2v) is 3.84. The van der Waals surface area contributed by atoms with E-state index in [2.05, 4.69) is 6.58 Å². The predicted molar refractivity (Wildman–Crippen MR) is 42.4 cm³/mol. The van der Waals surface area contributed by atoms with Crippen molar-refractivity contribution in [3.8, 4) is 0 Å². The van der Waals surface area contributed by atoms with E-state index in [1.165, 1.54) is 6.92 Å². The minimum Gasteiger partial charge on any atom is -0.478 e. The SMILES string of the molecule is C=C(C(=O)O)C(CC)S(=O)(=O)O. The molecule has 0 saturated heterocycles. The summed E-state index contributed by atoms with van der Waals surface area (Å²) in [6, 6.07) is 0. The molecule has 0 amide bonds. The fourth-order valence-corrected chi connectivity index (χ4v) is 1.66. The highest BCUT2D eigenvalue weighted by atomic mass is 32.2.